The van der Waals surface area contributed by atoms with Crippen molar-refractivity contribution in [1.29, 1.82) is 0 Å². The van der Waals surface area contributed by atoms with E-state index >= 15 is 0 Å². The second kappa shape index (κ2) is 11.2. The number of ether oxygens (including phenoxy) is 4. The molecule has 0 fully saturated rings. The van der Waals surface area contributed by atoms with Crippen molar-refractivity contribution in [1.82, 2.24) is 0 Å². The standard InChI is InChI=1S/C26H30O4S/c1-20-6-8-21(9-7-20)22-10-12-23(13-11-22)28-15-5-3-2-4-14-27-16-24-17-29-25-18-31-19-26(25)30-24/h6-13,18-19,24H,2-5,14-17H2,1H3. The first-order chi connectivity index (χ1) is 15.3. The highest BCUT2D eigenvalue weighted by Gasteiger charge is 2.21. The van der Waals surface area contributed by atoms with E-state index in [4.69, 9.17) is 18.9 Å². The van der Waals surface area contributed by atoms with Gasteiger partial charge >= 0.3 is 0 Å². The topological polar surface area (TPSA) is 36.9 Å². The highest BCUT2D eigenvalue weighted by molar-refractivity contribution is 7.08. The lowest BCUT2D eigenvalue weighted by molar-refractivity contribution is 0.00839. The number of unbranched alkanes of at least 4 members (excludes halogenated alkanes) is 3. The van der Waals surface area contributed by atoms with Crippen molar-refractivity contribution in [3.05, 3.63) is 64.9 Å². The molecule has 1 atom stereocenters. The van der Waals surface area contributed by atoms with Gasteiger partial charge in [0.05, 0.1) is 13.2 Å². The molecule has 0 radical (unpaired) electrons. The largest absolute Gasteiger partial charge is 0.494 e. The molecule has 0 aliphatic carbocycles. The molecule has 0 saturated heterocycles. The zero-order chi connectivity index (χ0) is 21.3. The number of fused-ring (bicyclic) bond motifs is 1. The van der Waals surface area contributed by atoms with Gasteiger partial charge in [-0.25, -0.2) is 0 Å². The van der Waals surface area contributed by atoms with Crippen molar-refractivity contribution in [3.8, 4) is 28.4 Å². The molecule has 3 aromatic rings. The van der Waals surface area contributed by atoms with Crippen LogP contribution in [0.3, 0.4) is 0 Å². The van der Waals surface area contributed by atoms with Gasteiger partial charge in [0, 0.05) is 17.4 Å². The summed E-state index contributed by atoms with van der Waals surface area (Å²) < 4.78 is 23.2. The molecule has 2 heterocycles. The van der Waals surface area contributed by atoms with Crippen molar-refractivity contribution in [2.24, 2.45) is 0 Å². The molecule has 1 aliphatic heterocycles. The maximum absolute atomic E-state index is 5.88. The Morgan fingerprint density at radius 1 is 0.839 bits per heavy atom. The average molecular weight is 439 g/mol. The second-order valence-corrected chi connectivity index (χ2v) is 8.62. The Hall–Kier alpha value is -2.50. The Labute approximate surface area is 188 Å². The summed E-state index contributed by atoms with van der Waals surface area (Å²) in [5.41, 5.74) is 3.73. The molecule has 1 aliphatic rings. The van der Waals surface area contributed by atoms with Crippen LogP contribution in [0.2, 0.25) is 0 Å². The Kier molecular flexibility index (Phi) is 7.86. The zero-order valence-corrected chi connectivity index (χ0v) is 18.9. The predicted octanol–water partition coefficient (Wildman–Crippen LogP) is 6.52. The number of thiophene rings is 1. The molecule has 0 amide bonds. The van der Waals surface area contributed by atoms with Crippen molar-refractivity contribution in [2.45, 2.75) is 38.7 Å². The molecule has 1 aromatic heterocycles. The monoisotopic (exact) mass is 438 g/mol. The van der Waals surface area contributed by atoms with E-state index in [1.165, 1.54) is 16.7 Å². The lowest BCUT2D eigenvalue weighted by atomic mass is 10.0. The van der Waals surface area contributed by atoms with Crippen LogP contribution in [0.5, 0.6) is 17.2 Å². The molecule has 2 aromatic carbocycles. The van der Waals surface area contributed by atoms with Gasteiger partial charge in [-0.3, -0.25) is 0 Å². The van der Waals surface area contributed by atoms with Crippen LogP contribution < -0.4 is 14.2 Å². The van der Waals surface area contributed by atoms with Crippen molar-refractivity contribution >= 4 is 11.3 Å². The molecule has 1 unspecified atom stereocenters. The van der Waals surface area contributed by atoms with E-state index in [9.17, 15) is 0 Å². The fourth-order valence-corrected chi connectivity index (χ4v) is 4.17. The summed E-state index contributed by atoms with van der Waals surface area (Å²) in [5, 5.41) is 3.94. The maximum atomic E-state index is 5.88. The van der Waals surface area contributed by atoms with E-state index < -0.39 is 0 Å². The molecule has 4 nitrogen and oxygen atoms in total. The molecular weight excluding hydrogens is 408 g/mol. The van der Waals surface area contributed by atoms with Crippen LogP contribution in [0.25, 0.3) is 11.1 Å². The van der Waals surface area contributed by atoms with E-state index in [2.05, 4.69) is 55.5 Å². The van der Waals surface area contributed by atoms with Crippen LogP contribution >= 0.6 is 11.3 Å². The molecule has 0 saturated carbocycles. The van der Waals surface area contributed by atoms with Gasteiger partial charge in [0.25, 0.3) is 0 Å². The predicted molar refractivity (Wildman–Crippen MR) is 126 cm³/mol. The highest BCUT2D eigenvalue weighted by Crippen LogP contribution is 2.35. The third-order valence-corrected chi connectivity index (χ3v) is 6.01. The summed E-state index contributed by atoms with van der Waals surface area (Å²) in [7, 11) is 0. The first kappa shape index (κ1) is 21.7. The third kappa shape index (κ3) is 6.49. The molecule has 4 rings (SSSR count). The Morgan fingerprint density at radius 2 is 1.52 bits per heavy atom. The quantitative estimate of drug-likeness (QED) is 0.319. The van der Waals surface area contributed by atoms with E-state index in [0.29, 0.717) is 13.2 Å². The fourth-order valence-electron chi connectivity index (χ4n) is 3.50. The second-order valence-electron chi connectivity index (χ2n) is 7.88. The summed E-state index contributed by atoms with van der Waals surface area (Å²) in [4.78, 5) is 0. The van der Waals surface area contributed by atoms with E-state index in [1.54, 1.807) is 11.3 Å². The van der Waals surface area contributed by atoms with Crippen LogP contribution in [0.15, 0.2) is 59.3 Å². The van der Waals surface area contributed by atoms with Crippen LogP contribution in [0, 0.1) is 6.92 Å². The summed E-state index contributed by atoms with van der Waals surface area (Å²) in [6.45, 7) is 4.76. The van der Waals surface area contributed by atoms with Crippen LogP contribution in [-0.2, 0) is 4.74 Å². The third-order valence-electron chi connectivity index (χ3n) is 5.31. The SMILES string of the molecule is Cc1ccc(-c2ccc(OCCCCCCOCC3COc4cscc4O3)cc2)cc1. The minimum atomic E-state index is -0.00658. The number of hydrogen-bond donors (Lipinski definition) is 0. The molecule has 0 N–H and O–H groups in total. The van der Waals surface area contributed by atoms with Gasteiger partial charge in [-0.1, -0.05) is 48.4 Å². The Morgan fingerprint density at radius 3 is 2.29 bits per heavy atom. The maximum Gasteiger partial charge on any atom is 0.172 e. The van der Waals surface area contributed by atoms with Gasteiger partial charge in [-0.05, 0) is 49.4 Å². The molecule has 0 spiro atoms. The number of rotatable bonds is 11. The summed E-state index contributed by atoms with van der Waals surface area (Å²) in [6.07, 6.45) is 4.40. The fraction of sp³-hybridized carbons (Fsp3) is 0.385. The first-order valence-corrected chi connectivity index (χ1v) is 12.0. The highest BCUT2D eigenvalue weighted by atomic mass is 32.1. The van der Waals surface area contributed by atoms with Gasteiger partial charge in [-0.2, -0.15) is 0 Å². The van der Waals surface area contributed by atoms with Gasteiger partial charge in [0.15, 0.2) is 17.6 Å². The lowest BCUT2D eigenvalue weighted by Gasteiger charge is -2.24. The Bertz CT molecular complexity index is 917. The van der Waals surface area contributed by atoms with E-state index in [0.717, 1.165) is 56.1 Å². The van der Waals surface area contributed by atoms with Crippen molar-refractivity contribution in [2.75, 3.05) is 26.4 Å². The smallest absolute Gasteiger partial charge is 0.172 e. The number of benzene rings is 2. The van der Waals surface area contributed by atoms with Gasteiger partial charge in [-0.15, -0.1) is 11.3 Å². The van der Waals surface area contributed by atoms with Crippen LogP contribution in [0.1, 0.15) is 31.2 Å². The average Bonchev–Trinajstić information content (AvgIpc) is 3.27. The number of aryl methyl sites for hydroxylation is 1. The number of hydrogen-bond acceptors (Lipinski definition) is 5. The Balaban J connectivity index is 1.03. The van der Waals surface area contributed by atoms with Gasteiger partial charge in [0.1, 0.15) is 12.4 Å². The lowest BCUT2D eigenvalue weighted by Crippen LogP contribution is -2.33. The zero-order valence-electron chi connectivity index (χ0n) is 18.0. The minimum absolute atomic E-state index is 0.00658. The van der Waals surface area contributed by atoms with Gasteiger partial charge in [0.2, 0.25) is 0 Å². The van der Waals surface area contributed by atoms with E-state index in [1.807, 2.05) is 10.8 Å². The van der Waals surface area contributed by atoms with Crippen LogP contribution in [0.4, 0.5) is 0 Å². The molecular formula is C26H30O4S. The molecule has 0 bridgehead atoms. The molecule has 31 heavy (non-hydrogen) atoms. The molecule has 164 valence electrons. The van der Waals surface area contributed by atoms with Crippen molar-refractivity contribution in [3.63, 3.8) is 0 Å². The first-order valence-electron chi connectivity index (χ1n) is 11.0. The summed E-state index contributed by atoms with van der Waals surface area (Å²) >= 11 is 1.60. The van der Waals surface area contributed by atoms with Gasteiger partial charge < -0.3 is 18.9 Å². The summed E-state index contributed by atoms with van der Waals surface area (Å²) in [5.74, 6) is 2.63. The normalized spacial score (nSPS) is 15.1. The summed E-state index contributed by atoms with van der Waals surface area (Å²) in [6, 6.07) is 17.0. The molecule has 5 heteroatoms. The van der Waals surface area contributed by atoms with Crippen molar-refractivity contribution < 1.29 is 18.9 Å². The van der Waals surface area contributed by atoms with E-state index in [-0.39, 0.29) is 6.10 Å². The minimum Gasteiger partial charge on any atom is -0.494 e. The van der Waals surface area contributed by atoms with Crippen LogP contribution in [-0.4, -0.2) is 32.5 Å².